The van der Waals surface area contributed by atoms with Crippen LogP contribution in [-0.4, -0.2) is 72.2 Å². The normalized spacial score (nSPS) is 16.5. The molecule has 1 fully saturated rings. The molecule has 0 radical (unpaired) electrons. The van der Waals surface area contributed by atoms with Crippen molar-refractivity contribution in [3.05, 3.63) is 63.5 Å². The predicted molar refractivity (Wildman–Crippen MR) is 117 cm³/mol. The fourth-order valence-corrected chi connectivity index (χ4v) is 5.29. The van der Waals surface area contributed by atoms with Crippen molar-refractivity contribution in [2.24, 2.45) is 0 Å². The zero-order chi connectivity index (χ0) is 21.3. The molecule has 0 saturated carbocycles. The largest absolute Gasteiger partial charge is 0.297 e. The second-order valence-electron chi connectivity index (χ2n) is 7.63. The van der Waals surface area contributed by atoms with E-state index in [0.29, 0.717) is 18.0 Å². The van der Waals surface area contributed by atoms with E-state index in [1.54, 1.807) is 49.0 Å². The number of piperazine rings is 1. The van der Waals surface area contributed by atoms with E-state index in [-0.39, 0.29) is 5.56 Å². The Morgan fingerprint density at radius 2 is 1.77 bits per heavy atom. The van der Waals surface area contributed by atoms with Crippen LogP contribution in [0.5, 0.6) is 0 Å². The van der Waals surface area contributed by atoms with Crippen molar-refractivity contribution in [1.82, 2.24) is 23.5 Å². The first-order valence-electron chi connectivity index (χ1n) is 9.75. The van der Waals surface area contributed by atoms with E-state index in [1.807, 2.05) is 11.4 Å². The summed E-state index contributed by atoms with van der Waals surface area (Å²) in [7, 11) is -0.340. The van der Waals surface area contributed by atoms with Crippen molar-refractivity contribution >= 4 is 26.3 Å². The molecule has 0 N–H and O–H groups in total. The summed E-state index contributed by atoms with van der Waals surface area (Å²) in [5.74, 6) is 0. The molecule has 0 unspecified atom stereocenters. The molecule has 10 heteroatoms. The third kappa shape index (κ3) is 4.47. The van der Waals surface area contributed by atoms with Crippen LogP contribution in [0.25, 0.3) is 4.96 Å². The lowest BCUT2D eigenvalue weighted by molar-refractivity contribution is 0.121. The van der Waals surface area contributed by atoms with Gasteiger partial charge < -0.3 is 0 Å². The lowest BCUT2D eigenvalue weighted by Gasteiger charge is -2.34. The molecule has 0 aliphatic carbocycles. The average Bonchev–Trinajstić information content (AvgIpc) is 3.19. The van der Waals surface area contributed by atoms with Crippen LogP contribution in [0.15, 0.2) is 51.6 Å². The Hall–Kier alpha value is -2.11. The summed E-state index contributed by atoms with van der Waals surface area (Å²) in [4.78, 5) is 22.4. The Kier molecular flexibility index (Phi) is 6.03. The quantitative estimate of drug-likeness (QED) is 0.567. The summed E-state index contributed by atoms with van der Waals surface area (Å²) >= 11 is 1.46. The Morgan fingerprint density at radius 1 is 1.07 bits per heavy atom. The molecule has 1 aromatic carbocycles. The third-order valence-electron chi connectivity index (χ3n) is 5.29. The minimum atomic E-state index is -3.43. The number of hydrogen-bond acceptors (Lipinski definition) is 7. The maximum atomic E-state index is 12.4. The molecule has 0 spiro atoms. The molecule has 8 nitrogen and oxygen atoms in total. The minimum absolute atomic E-state index is 0.0394. The van der Waals surface area contributed by atoms with Crippen molar-refractivity contribution in [3.63, 3.8) is 0 Å². The fraction of sp³-hybridized carbons (Fsp3) is 0.400. The Labute approximate surface area is 180 Å². The molecule has 0 atom stereocenters. The summed E-state index contributed by atoms with van der Waals surface area (Å²) in [6, 6.07) is 8.77. The van der Waals surface area contributed by atoms with Crippen molar-refractivity contribution in [1.29, 1.82) is 0 Å². The third-order valence-corrected chi connectivity index (χ3v) is 7.86. The first-order valence-corrected chi connectivity index (χ1v) is 12.1. The smallest absolute Gasteiger partial charge is 0.258 e. The molecular formula is C20H25N5O3S2. The number of rotatable bonds is 6. The van der Waals surface area contributed by atoms with Gasteiger partial charge in [0, 0.05) is 71.0 Å². The highest BCUT2D eigenvalue weighted by molar-refractivity contribution is 7.89. The first kappa shape index (κ1) is 21.1. The number of nitrogens with zero attached hydrogens (tertiary/aromatic N) is 5. The first-order chi connectivity index (χ1) is 14.3. The van der Waals surface area contributed by atoms with Gasteiger partial charge >= 0.3 is 0 Å². The number of benzene rings is 1. The van der Waals surface area contributed by atoms with E-state index in [0.717, 1.165) is 42.4 Å². The van der Waals surface area contributed by atoms with Crippen molar-refractivity contribution in [3.8, 4) is 0 Å². The van der Waals surface area contributed by atoms with Gasteiger partial charge in [-0.1, -0.05) is 12.1 Å². The van der Waals surface area contributed by atoms with E-state index < -0.39 is 10.0 Å². The predicted octanol–water partition coefficient (Wildman–Crippen LogP) is 1.32. The zero-order valence-electron chi connectivity index (χ0n) is 17.1. The molecule has 1 saturated heterocycles. The summed E-state index contributed by atoms with van der Waals surface area (Å²) in [5.41, 5.74) is 1.75. The Balaban J connectivity index is 1.36. The van der Waals surface area contributed by atoms with Gasteiger partial charge in [-0.3, -0.25) is 19.0 Å². The molecule has 2 aromatic heterocycles. The van der Waals surface area contributed by atoms with Gasteiger partial charge in [-0.25, -0.2) is 17.7 Å². The highest BCUT2D eigenvalue weighted by Crippen LogP contribution is 2.17. The standard InChI is InChI=1S/C20H25N5O3S2/c1-22(2)30(27,28)18-5-3-4-16(12-18)14-23-6-8-24(9-7-23)15-17-13-19(26)25-10-11-29-20(25)21-17/h3-5,10-13H,6-9,14-15H2,1-2H3. The molecule has 30 heavy (non-hydrogen) atoms. The van der Waals surface area contributed by atoms with Gasteiger partial charge in [0.05, 0.1) is 10.6 Å². The van der Waals surface area contributed by atoms with Gasteiger partial charge in [-0.15, -0.1) is 11.3 Å². The maximum Gasteiger partial charge on any atom is 0.258 e. The van der Waals surface area contributed by atoms with Crippen LogP contribution in [0.4, 0.5) is 0 Å². The van der Waals surface area contributed by atoms with Crippen LogP contribution < -0.4 is 5.56 Å². The summed E-state index contributed by atoms with van der Waals surface area (Å²) in [6.07, 6.45) is 1.75. The molecular weight excluding hydrogens is 422 g/mol. The van der Waals surface area contributed by atoms with Gasteiger partial charge in [-0.2, -0.15) is 0 Å². The average molecular weight is 448 g/mol. The Bertz CT molecular complexity index is 1190. The number of thiazole rings is 1. The molecule has 1 aliphatic rings. The van der Waals surface area contributed by atoms with Gasteiger partial charge in [-0.05, 0) is 17.7 Å². The van der Waals surface area contributed by atoms with Crippen LogP contribution in [0, 0.1) is 0 Å². The zero-order valence-corrected chi connectivity index (χ0v) is 18.7. The van der Waals surface area contributed by atoms with Crippen LogP contribution in [0.1, 0.15) is 11.3 Å². The van der Waals surface area contributed by atoms with Crippen molar-refractivity contribution in [2.75, 3.05) is 40.3 Å². The summed E-state index contributed by atoms with van der Waals surface area (Å²) in [5, 5.41) is 1.87. The van der Waals surface area contributed by atoms with E-state index in [9.17, 15) is 13.2 Å². The van der Waals surface area contributed by atoms with Crippen LogP contribution in [0.3, 0.4) is 0 Å². The number of fused-ring (bicyclic) bond motifs is 1. The number of hydrogen-bond donors (Lipinski definition) is 0. The second kappa shape index (κ2) is 8.56. The topological polar surface area (TPSA) is 78.2 Å². The highest BCUT2D eigenvalue weighted by Gasteiger charge is 2.20. The van der Waals surface area contributed by atoms with Gasteiger partial charge in [0.2, 0.25) is 10.0 Å². The van der Waals surface area contributed by atoms with E-state index in [1.165, 1.54) is 15.6 Å². The molecule has 3 aromatic rings. The second-order valence-corrected chi connectivity index (χ2v) is 10.7. The Morgan fingerprint density at radius 3 is 2.47 bits per heavy atom. The summed E-state index contributed by atoms with van der Waals surface area (Å²) in [6.45, 7) is 4.89. The molecule has 1 aliphatic heterocycles. The lowest BCUT2D eigenvalue weighted by Crippen LogP contribution is -2.45. The lowest BCUT2D eigenvalue weighted by atomic mass is 10.2. The van der Waals surface area contributed by atoms with E-state index >= 15 is 0 Å². The van der Waals surface area contributed by atoms with Gasteiger partial charge in [0.25, 0.3) is 5.56 Å². The summed E-state index contributed by atoms with van der Waals surface area (Å²) < 4.78 is 27.5. The van der Waals surface area contributed by atoms with Crippen LogP contribution >= 0.6 is 11.3 Å². The van der Waals surface area contributed by atoms with Crippen LogP contribution in [0.2, 0.25) is 0 Å². The van der Waals surface area contributed by atoms with Crippen LogP contribution in [-0.2, 0) is 23.1 Å². The molecule has 4 rings (SSSR count). The fourth-order valence-electron chi connectivity index (χ4n) is 3.58. The maximum absolute atomic E-state index is 12.4. The van der Waals surface area contributed by atoms with Gasteiger partial charge in [0.1, 0.15) is 0 Å². The monoisotopic (exact) mass is 447 g/mol. The SMILES string of the molecule is CN(C)S(=O)(=O)c1cccc(CN2CCN(Cc3cc(=O)n4ccsc4n3)CC2)c1. The molecule has 0 bridgehead atoms. The highest BCUT2D eigenvalue weighted by atomic mass is 32.2. The molecule has 0 amide bonds. The molecule has 160 valence electrons. The van der Waals surface area contributed by atoms with Crippen molar-refractivity contribution in [2.45, 2.75) is 18.0 Å². The van der Waals surface area contributed by atoms with E-state index in [4.69, 9.17) is 0 Å². The number of sulfonamides is 1. The van der Waals surface area contributed by atoms with E-state index in [2.05, 4.69) is 14.8 Å². The molecule has 3 heterocycles. The van der Waals surface area contributed by atoms with Crippen molar-refractivity contribution < 1.29 is 8.42 Å². The minimum Gasteiger partial charge on any atom is -0.297 e. The number of aromatic nitrogens is 2. The van der Waals surface area contributed by atoms with Gasteiger partial charge in [0.15, 0.2) is 4.96 Å².